The Morgan fingerprint density at radius 1 is 1.40 bits per heavy atom. The maximum absolute atomic E-state index is 14.3. The zero-order valence-corrected chi connectivity index (χ0v) is 12.9. The Morgan fingerprint density at radius 2 is 2.10 bits per heavy atom. The summed E-state index contributed by atoms with van der Waals surface area (Å²) in [5.74, 6) is 0.405. The summed E-state index contributed by atoms with van der Waals surface area (Å²) in [7, 11) is 4.18. The fraction of sp³-hybridized carbons (Fsp3) is 0.625. The van der Waals surface area contributed by atoms with Crippen LogP contribution in [0, 0.1) is 11.7 Å². The average Bonchev–Trinajstić information content (AvgIpc) is 2.70. The van der Waals surface area contributed by atoms with Crippen LogP contribution in [0.25, 0.3) is 0 Å². The number of anilines is 1. The number of nitrogens with zero attached hydrogens (tertiary/aromatic N) is 2. The molecule has 1 aromatic carbocycles. The third-order valence-corrected chi connectivity index (χ3v) is 4.16. The van der Waals surface area contributed by atoms with Crippen molar-refractivity contribution in [2.45, 2.75) is 32.4 Å². The van der Waals surface area contributed by atoms with Gasteiger partial charge in [-0.3, -0.25) is 0 Å². The van der Waals surface area contributed by atoms with Crippen molar-refractivity contribution in [1.82, 2.24) is 4.90 Å². The molecule has 20 heavy (non-hydrogen) atoms. The molecule has 2 N–H and O–H groups in total. The molecule has 1 fully saturated rings. The van der Waals surface area contributed by atoms with Gasteiger partial charge in [0, 0.05) is 25.2 Å². The van der Waals surface area contributed by atoms with Crippen molar-refractivity contribution < 1.29 is 4.39 Å². The largest absolute Gasteiger partial charge is 0.367 e. The van der Waals surface area contributed by atoms with Crippen LogP contribution >= 0.6 is 0 Å². The molecule has 1 aliphatic rings. The van der Waals surface area contributed by atoms with Crippen LogP contribution in [0.1, 0.15) is 19.4 Å². The minimum absolute atomic E-state index is 0.0419. The van der Waals surface area contributed by atoms with Gasteiger partial charge < -0.3 is 15.5 Å². The van der Waals surface area contributed by atoms with E-state index in [1.165, 1.54) is 0 Å². The van der Waals surface area contributed by atoms with Crippen LogP contribution in [0.3, 0.4) is 0 Å². The van der Waals surface area contributed by atoms with Gasteiger partial charge in [-0.25, -0.2) is 4.39 Å². The molecule has 112 valence electrons. The maximum Gasteiger partial charge on any atom is 0.146 e. The molecular weight excluding hydrogens is 253 g/mol. The Kier molecular flexibility index (Phi) is 4.66. The summed E-state index contributed by atoms with van der Waals surface area (Å²) in [5.41, 5.74) is 7.67. The lowest BCUT2D eigenvalue weighted by Crippen LogP contribution is -2.34. The van der Waals surface area contributed by atoms with E-state index in [0.717, 1.165) is 24.3 Å². The minimum atomic E-state index is -0.130. The summed E-state index contributed by atoms with van der Waals surface area (Å²) in [6, 6.07) is 5.83. The highest BCUT2D eigenvalue weighted by Gasteiger charge is 2.33. The smallest absolute Gasteiger partial charge is 0.146 e. The van der Waals surface area contributed by atoms with Crippen LogP contribution in [-0.4, -0.2) is 44.2 Å². The summed E-state index contributed by atoms with van der Waals surface area (Å²) in [6.07, 6.45) is 0.713. The lowest BCUT2D eigenvalue weighted by atomic mass is 10.0. The molecule has 1 heterocycles. The van der Waals surface area contributed by atoms with E-state index >= 15 is 0 Å². The second-order valence-electron chi connectivity index (χ2n) is 6.34. The van der Waals surface area contributed by atoms with Gasteiger partial charge in [-0.05, 0) is 45.0 Å². The third kappa shape index (κ3) is 3.13. The highest BCUT2D eigenvalue weighted by Crippen LogP contribution is 2.31. The van der Waals surface area contributed by atoms with Gasteiger partial charge in [0.15, 0.2) is 0 Å². The third-order valence-electron chi connectivity index (χ3n) is 4.16. The predicted octanol–water partition coefficient (Wildman–Crippen LogP) is 2.10. The minimum Gasteiger partial charge on any atom is -0.367 e. The number of hydrogen-bond donors (Lipinski definition) is 1. The SMILES string of the molecule is CC(N)Cc1cccc(F)c1N1CC(C)C(N(C)C)C1. The van der Waals surface area contributed by atoms with Gasteiger partial charge in [0.1, 0.15) is 5.82 Å². The first-order valence-electron chi connectivity index (χ1n) is 7.34. The molecule has 0 radical (unpaired) electrons. The highest BCUT2D eigenvalue weighted by molar-refractivity contribution is 5.56. The topological polar surface area (TPSA) is 32.5 Å². The summed E-state index contributed by atoms with van der Waals surface area (Å²) >= 11 is 0. The summed E-state index contributed by atoms with van der Waals surface area (Å²) in [5, 5.41) is 0. The van der Waals surface area contributed by atoms with Gasteiger partial charge in [-0.2, -0.15) is 0 Å². The van der Waals surface area contributed by atoms with Crippen LogP contribution in [0.5, 0.6) is 0 Å². The highest BCUT2D eigenvalue weighted by atomic mass is 19.1. The van der Waals surface area contributed by atoms with Crippen molar-refractivity contribution in [2.24, 2.45) is 11.7 Å². The number of likely N-dealkylation sites (N-methyl/N-ethyl adjacent to an activating group) is 1. The fourth-order valence-corrected chi connectivity index (χ4v) is 3.23. The van der Waals surface area contributed by atoms with Crippen molar-refractivity contribution in [3.8, 4) is 0 Å². The van der Waals surface area contributed by atoms with E-state index in [0.29, 0.717) is 18.4 Å². The van der Waals surface area contributed by atoms with E-state index in [2.05, 4.69) is 30.8 Å². The van der Waals surface area contributed by atoms with Crippen molar-refractivity contribution in [3.63, 3.8) is 0 Å². The van der Waals surface area contributed by atoms with Gasteiger partial charge in [0.25, 0.3) is 0 Å². The quantitative estimate of drug-likeness (QED) is 0.916. The lowest BCUT2D eigenvalue weighted by molar-refractivity contribution is 0.266. The Balaban J connectivity index is 2.29. The molecule has 1 aromatic rings. The van der Waals surface area contributed by atoms with E-state index in [9.17, 15) is 4.39 Å². The number of benzene rings is 1. The van der Waals surface area contributed by atoms with E-state index in [-0.39, 0.29) is 11.9 Å². The summed E-state index contributed by atoms with van der Waals surface area (Å²) < 4.78 is 14.3. The molecule has 0 aliphatic carbocycles. The molecule has 0 saturated carbocycles. The number of para-hydroxylation sites is 1. The standard InChI is InChI=1S/C16H26FN3/c1-11-9-20(10-15(11)19(3)4)16-13(8-12(2)18)6-5-7-14(16)17/h5-7,11-12,15H,8-10,18H2,1-4H3. The lowest BCUT2D eigenvalue weighted by Gasteiger charge is -2.25. The maximum atomic E-state index is 14.3. The van der Waals surface area contributed by atoms with E-state index in [4.69, 9.17) is 5.73 Å². The van der Waals surface area contributed by atoms with Crippen molar-refractivity contribution in [2.75, 3.05) is 32.1 Å². The average molecular weight is 279 g/mol. The van der Waals surface area contributed by atoms with Gasteiger partial charge in [0.05, 0.1) is 5.69 Å². The molecule has 0 amide bonds. The van der Waals surface area contributed by atoms with Gasteiger partial charge in [0.2, 0.25) is 0 Å². The molecule has 2 rings (SSSR count). The number of rotatable bonds is 4. The van der Waals surface area contributed by atoms with Crippen LogP contribution in [-0.2, 0) is 6.42 Å². The van der Waals surface area contributed by atoms with Crippen LogP contribution in [0.2, 0.25) is 0 Å². The molecule has 0 aromatic heterocycles. The van der Waals surface area contributed by atoms with Gasteiger partial charge >= 0.3 is 0 Å². The van der Waals surface area contributed by atoms with E-state index < -0.39 is 0 Å². The number of halogens is 1. The summed E-state index contributed by atoms with van der Waals surface area (Å²) in [4.78, 5) is 4.42. The Bertz CT molecular complexity index is 459. The van der Waals surface area contributed by atoms with Gasteiger partial charge in [-0.15, -0.1) is 0 Å². The van der Waals surface area contributed by atoms with Crippen molar-refractivity contribution in [3.05, 3.63) is 29.6 Å². The fourth-order valence-electron chi connectivity index (χ4n) is 3.23. The summed E-state index contributed by atoms with van der Waals surface area (Å²) in [6.45, 7) is 5.97. The van der Waals surface area contributed by atoms with Crippen molar-refractivity contribution >= 4 is 5.69 Å². The first-order valence-corrected chi connectivity index (χ1v) is 7.34. The first kappa shape index (κ1) is 15.3. The van der Waals surface area contributed by atoms with E-state index in [1.807, 2.05) is 13.0 Å². The molecule has 0 bridgehead atoms. The monoisotopic (exact) mass is 279 g/mol. The zero-order chi connectivity index (χ0) is 14.9. The van der Waals surface area contributed by atoms with E-state index in [1.54, 1.807) is 12.1 Å². The molecule has 1 aliphatic heterocycles. The molecule has 1 saturated heterocycles. The first-order chi connectivity index (χ1) is 9.40. The Hall–Kier alpha value is -1.13. The number of hydrogen-bond acceptors (Lipinski definition) is 3. The molecule has 4 heteroatoms. The second kappa shape index (κ2) is 6.10. The molecule has 3 atom stereocenters. The second-order valence-corrected chi connectivity index (χ2v) is 6.34. The normalized spacial score (nSPS) is 24.4. The van der Waals surface area contributed by atoms with Crippen LogP contribution in [0.15, 0.2) is 18.2 Å². The Morgan fingerprint density at radius 3 is 2.65 bits per heavy atom. The van der Waals surface area contributed by atoms with Gasteiger partial charge in [-0.1, -0.05) is 19.1 Å². The molecule has 3 nitrogen and oxygen atoms in total. The zero-order valence-electron chi connectivity index (χ0n) is 12.9. The van der Waals surface area contributed by atoms with Crippen LogP contribution in [0.4, 0.5) is 10.1 Å². The Labute approximate surface area is 121 Å². The molecule has 3 unspecified atom stereocenters. The predicted molar refractivity (Wildman–Crippen MR) is 82.6 cm³/mol. The van der Waals surface area contributed by atoms with Crippen LogP contribution < -0.4 is 10.6 Å². The molecular formula is C16H26FN3. The number of nitrogens with two attached hydrogens (primary N) is 1. The van der Waals surface area contributed by atoms with Crippen molar-refractivity contribution in [1.29, 1.82) is 0 Å². The molecule has 0 spiro atoms.